The maximum absolute atomic E-state index is 11.6. The van der Waals surface area contributed by atoms with Crippen molar-refractivity contribution in [2.45, 2.75) is 25.7 Å². The van der Waals surface area contributed by atoms with Crippen LogP contribution in [0.25, 0.3) is 0 Å². The number of methoxy groups -OCH3 is 1. The first-order valence-corrected chi connectivity index (χ1v) is 6.03. The summed E-state index contributed by atoms with van der Waals surface area (Å²) >= 11 is 0. The molecule has 0 saturated carbocycles. The lowest BCUT2D eigenvalue weighted by atomic mass is 10.2. The number of carbonyl (C=O) groups is 2. The molecule has 0 atom stereocenters. The molecule has 1 amide bonds. The van der Waals surface area contributed by atoms with Crippen molar-refractivity contribution in [3.8, 4) is 0 Å². The molecule has 0 aliphatic rings. The van der Waals surface area contributed by atoms with Gasteiger partial charge in [0.15, 0.2) is 0 Å². The Labute approximate surface area is 110 Å². The standard InChI is InChI=1S/C12H17N3O4/c1-19-11(17)5-3-2-4-6-13-12(18)9-7-15-10(16)8-14-9/h7-8H,2-6H2,1H3,(H,13,18)(H,15,16). The Morgan fingerprint density at radius 1 is 1.37 bits per heavy atom. The van der Waals surface area contributed by atoms with E-state index < -0.39 is 0 Å². The van der Waals surface area contributed by atoms with Crippen molar-refractivity contribution in [3.05, 3.63) is 28.4 Å². The Morgan fingerprint density at radius 2 is 2.16 bits per heavy atom. The third kappa shape index (κ3) is 5.80. The number of hydrogen-bond acceptors (Lipinski definition) is 5. The van der Waals surface area contributed by atoms with Crippen molar-refractivity contribution in [1.82, 2.24) is 15.3 Å². The average molecular weight is 267 g/mol. The van der Waals surface area contributed by atoms with Gasteiger partial charge in [0.2, 0.25) is 0 Å². The van der Waals surface area contributed by atoms with Gasteiger partial charge in [0.25, 0.3) is 11.5 Å². The number of nitrogens with zero attached hydrogens (tertiary/aromatic N) is 1. The van der Waals surface area contributed by atoms with Crippen molar-refractivity contribution < 1.29 is 14.3 Å². The summed E-state index contributed by atoms with van der Waals surface area (Å²) in [5.74, 6) is -0.550. The number of H-pyrrole nitrogens is 1. The Balaban J connectivity index is 2.16. The van der Waals surface area contributed by atoms with Crippen LogP contribution in [0.15, 0.2) is 17.2 Å². The largest absolute Gasteiger partial charge is 0.469 e. The molecule has 0 aromatic carbocycles. The fraction of sp³-hybridized carbons (Fsp3) is 0.500. The molecule has 1 aromatic heterocycles. The number of esters is 1. The van der Waals surface area contributed by atoms with Gasteiger partial charge in [0, 0.05) is 19.2 Å². The maximum Gasteiger partial charge on any atom is 0.305 e. The topological polar surface area (TPSA) is 101 Å². The van der Waals surface area contributed by atoms with Crippen LogP contribution in [0.2, 0.25) is 0 Å². The van der Waals surface area contributed by atoms with Gasteiger partial charge in [-0.2, -0.15) is 0 Å². The Kier molecular flexibility index (Phi) is 6.28. The predicted octanol–water partition coefficient (Wildman–Crippen LogP) is 0.233. The minimum atomic E-state index is -0.348. The van der Waals surface area contributed by atoms with E-state index in [1.807, 2.05) is 0 Å². The lowest BCUT2D eigenvalue weighted by Crippen LogP contribution is -2.26. The summed E-state index contributed by atoms with van der Waals surface area (Å²) in [6, 6.07) is 0. The van der Waals surface area contributed by atoms with Crippen LogP contribution in [-0.4, -0.2) is 35.5 Å². The van der Waals surface area contributed by atoms with Crippen LogP contribution in [0.1, 0.15) is 36.2 Å². The van der Waals surface area contributed by atoms with E-state index in [-0.39, 0.29) is 23.1 Å². The van der Waals surface area contributed by atoms with E-state index in [1.54, 1.807) is 0 Å². The van der Waals surface area contributed by atoms with E-state index >= 15 is 0 Å². The lowest BCUT2D eigenvalue weighted by molar-refractivity contribution is -0.140. The first-order chi connectivity index (χ1) is 9.13. The van der Waals surface area contributed by atoms with Crippen molar-refractivity contribution >= 4 is 11.9 Å². The molecule has 104 valence electrons. The summed E-state index contributed by atoms with van der Waals surface area (Å²) in [6.45, 7) is 0.501. The second-order valence-electron chi connectivity index (χ2n) is 3.94. The van der Waals surface area contributed by atoms with Gasteiger partial charge in [0.1, 0.15) is 5.69 Å². The zero-order chi connectivity index (χ0) is 14.1. The van der Waals surface area contributed by atoms with Gasteiger partial charge in [-0.05, 0) is 12.8 Å². The van der Waals surface area contributed by atoms with Gasteiger partial charge in [-0.15, -0.1) is 0 Å². The Bertz CT molecular complexity index is 464. The van der Waals surface area contributed by atoms with E-state index in [1.165, 1.54) is 13.3 Å². The second-order valence-corrected chi connectivity index (χ2v) is 3.94. The highest BCUT2D eigenvalue weighted by atomic mass is 16.5. The second kappa shape index (κ2) is 8.02. The van der Waals surface area contributed by atoms with E-state index in [4.69, 9.17) is 0 Å². The molecule has 7 heteroatoms. The molecule has 1 aromatic rings. The molecule has 0 bridgehead atoms. The summed E-state index contributed by atoms with van der Waals surface area (Å²) in [7, 11) is 1.36. The molecule has 1 heterocycles. The highest BCUT2D eigenvalue weighted by molar-refractivity contribution is 5.91. The molecule has 0 saturated heterocycles. The van der Waals surface area contributed by atoms with E-state index in [0.29, 0.717) is 13.0 Å². The molecule has 19 heavy (non-hydrogen) atoms. The fourth-order valence-electron chi connectivity index (χ4n) is 1.43. The third-order valence-electron chi connectivity index (χ3n) is 2.48. The van der Waals surface area contributed by atoms with Crippen molar-refractivity contribution in [2.24, 2.45) is 0 Å². The number of ether oxygens (including phenoxy) is 1. The summed E-state index contributed by atoms with van der Waals surface area (Å²) in [5, 5.41) is 2.68. The maximum atomic E-state index is 11.6. The number of amides is 1. The highest BCUT2D eigenvalue weighted by Crippen LogP contribution is 2.00. The van der Waals surface area contributed by atoms with Gasteiger partial charge >= 0.3 is 5.97 Å². The van der Waals surface area contributed by atoms with Crippen LogP contribution in [0, 0.1) is 0 Å². The minimum absolute atomic E-state index is 0.175. The van der Waals surface area contributed by atoms with Crippen molar-refractivity contribution in [2.75, 3.05) is 13.7 Å². The summed E-state index contributed by atoms with van der Waals surface area (Å²) in [6.07, 6.45) is 5.06. The monoisotopic (exact) mass is 267 g/mol. The van der Waals surface area contributed by atoms with Crippen molar-refractivity contribution in [1.29, 1.82) is 0 Å². The molecule has 0 aliphatic carbocycles. The number of aromatic amines is 1. The fourth-order valence-corrected chi connectivity index (χ4v) is 1.43. The van der Waals surface area contributed by atoms with Crippen LogP contribution >= 0.6 is 0 Å². The van der Waals surface area contributed by atoms with Crippen LogP contribution in [0.3, 0.4) is 0 Å². The van der Waals surface area contributed by atoms with Crippen LogP contribution in [-0.2, 0) is 9.53 Å². The summed E-state index contributed by atoms with van der Waals surface area (Å²) in [5.41, 5.74) is -0.173. The van der Waals surface area contributed by atoms with Crippen LogP contribution < -0.4 is 10.9 Å². The van der Waals surface area contributed by atoms with E-state index in [2.05, 4.69) is 20.0 Å². The van der Waals surface area contributed by atoms with Gasteiger partial charge in [-0.3, -0.25) is 14.4 Å². The zero-order valence-corrected chi connectivity index (χ0v) is 10.8. The molecule has 0 aliphatic heterocycles. The SMILES string of the molecule is COC(=O)CCCCCNC(=O)c1c[nH]c(=O)cn1. The molecular weight excluding hydrogens is 250 g/mol. The Morgan fingerprint density at radius 3 is 2.79 bits per heavy atom. The van der Waals surface area contributed by atoms with Gasteiger partial charge < -0.3 is 15.0 Å². The smallest absolute Gasteiger partial charge is 0.305 e. The third-order valence-corrected chi connectivity index (χ3v) is 2.48. The minimum Gasteiger partial charge on any atom is -0.469 e. The number of unbranched alkanes of at least 4 members (excludes halogenated alkanes) is 2. The molecular formula is C12H17N3O4. The number of nitrogens with one attached hydrogen (secondary N) is 2. The van der Waals surface area contributed by atoms with Gasteiger partial charge in [-0.1, -0.05) is 6.42 Å². The molecule has 0 spiro atoms. The van der Waals surface area contributed by atoms with Gasteiger partial charge in [0.05, 0.1) is 13.3 Å². The van der Waals surface area contributed by atoms with Gasteiger partial charge in [-0.25, -0.2) is 4.98 Å². The van der Waals surface area contributed by atoms with Crippen molar-refractivity contribution in [3.63, 3.8) is 0 Å². The molecule has 1 rings (SSSR count). The first kappa shape index (κ1) is 14.9. The molecule has 2 N–H and O–H groups in total. The molecule has 0 unspecified atom stereocenters. The Hall–Kier alpha value is -2.18. The zero-order valence-electron chi connectivity index (χ0n) is 10.8. The molecule has 7 nitrogen and oxygen atoms in total. The predicted molar refractivity (Wildman–Crippen MR) is 67.7 cm³/mol. The number of hydrogen-bond donors (Lipinski definition) is 2. The number of rotatable bonds is 7. The van der Waals surface area contributed by atoms with E-state index in [9.17, 15) is 14.4 Å². The molecule has 0 fully saturated rings. The average Bonchev–Trinajstić information content (AvgIpc) is 2.42. The molecule has 0 radical (unpaired) electrons. The number of aromatic nitrogens is 2. The van der Waals surface area contributed by atoms with E-state index in [0.717, 1.165) is 25.5 Å². The number of carbonyl (C=O) groups excluding carboxylic acids is 2. The summed E-state index contributed by atoms with van der Waals surface area (Å²) in [4.78, 5) is 39.3. The highest BCUT2D eigenvalue weighted by Gasteiger charge is 2.06. The first-order valence-electron chi connectivity index (χ1n) is 6.03. The summed E-state index contributed by atoms with van der Waals surface area (Å²) < 4.78 is 4.52. The van der Waals surface area contributed by atoms with Crippen LogP contribution in [0.4, 0.5) is 0 Å². The lowest BCUT2D eigenvalue weighted by Gasteiger charge is -2.04. The van der Waals surface area contributed by atoms with Crippen LogP contribution in [0.5, 0.6) is 0 Å². The quantitative estimate of drug-likeness (QED) is 0.544. The normalized spacial score (nSPS) is 9.95.